The van der Waals surface area contributed by atoms with Crippen molar-refractivity contribution in [3.63, 3.8) is 0 Å². The molecule has 2 aromatic rings. The van der Waals surface area contributed by atoms with E-state index in [1.54, 1.807) is 6.33 Å². The van der Waals surface area contributed by atoms with E-state index in [1.165, 1.54) is 4.90 Å². The Balaban J connectivity index is 1.61. The SMILES string of the molecule is CC(C)Sc1ccc(CC(=O)N2CCc3ncncc3C2)cc1. The minimum Gasteiger partial charge on any atom is -0.338 e. The van der Waals surface area contributed by atoms with E-state index in [0.717, 1.165) is 29.8 Å². The van der Waals surface area contributed by atoms with Crippen molar-refractivity contribution in [2.75, 3.05) is 6.54 Å². The average molecular weight is 327 g/mol. The third kappa shape index (κ3) is 4.10. The Hall–Kier alpha value is -1.88. The lowest BCUT2D eigenvalue weighted by molar-refractivity contribution is -0.131. The molecule has 0 bridgehead atoms. The molecule has 2 heterocycles. The highest BCUT2D eigenvalue weighted by molar-refractivity contribution is 7.99. The van der Waals surface area contributed by atoms with Crippen LogP contribution in [0.4, 0.5) is 0 Å². The molecule has 1 aliphatic heterocycles. The Kier molecular flexibility index (Phi) is 4.96. The standard InChI is InChI=1S/C18H21N3OS/c1-13(2)23-16-5-3-14(4-6-16)9-18(22)21-8-7-17-15(11-21)10-19-12-20-17/h3-6,10,12-13H,7-9,11H2,1-2H3. The number of carbonyl (C=O) groups excluding carboxylic acids is 1. The van der Waals surface area contributed by atoms with E-state index in [4.69, 9.17) is 0 Å². The zero-order chi connectivity index (χ0) is 16.2. The summed E-state index contributed by atoms with van der Waals surface area (Å²) in [4.78, 5) is 24.0. The van der Waals surface area contributed by atoms with Crippen molar-refractivity contribution in [2.45, 2.75) is 43.4 Å². The lowest BCUT2D eigenvalue weighted by Gasteiger charge is -2.28. The zero-order valence-corrected chi connectivity index (χ0v) is 14.3. The maximum atomic E-state index is 12.5. The molecule has 5 heteroatoms. The highest BCUT2D eigenvalue weighted by atomic mass is 32.2. The van der Waals surface area contributed by atoms with Crippen molar-refractivity contribution in [1.82, 2.24) is 14.9 Å². The number of hydrogen-bond donors (Lipinski definition) is 0. The molecule has 1 aliphatic rings. The first-order chi connectivity index (χ1) is 11.1. The molecule has 0 radical (unpaired) electrons. The van der Waals surface area contributed by atoms with Gasteiger partial charge in [0.25, 0.3) is 0 Å². The van der Waals surface area contributed by atoms with Crippen LogP contribution in [-0.2, 0) is 24.2 Å². The molecular formula is C18H21N3OS. The molecule has 0 saturated heterocycles. The number of aromatic nitrogens is 2. The molecular weight excluding hydrogens is 306 g/mol. The summed E-state index contributed by atoms with van der Waals surface area (Å²) in [6, 6.07) is 8.33. The van der Waals surface area contributed by atoms with E-state index < -0.39 is 0 Å². The van der Waals surface area contributed by atoms with Gasteiger partial charge in [0.2, 0.25) is 5.91 Å². The second kappa shape index (κ2) is 7.13. The van der Waals surface area contributed by atoms with Gasteiger partial charge in [-0.25, -0.2) is 9.97 Å². The van der Waals surface area contributed by atoms with Crippen LogP contribution in [-0.4, -0.2) is 32.6 Å². The Morgan fingerprint density at radius 2 is 2.09 bits per heavy atom. The van der Waals surface area contributed by atoms with Crippen LogP contribution in [0.5, 0.6) is 0 Å². The second-order valence-electron chi connectivity index (χ2n) is 6.05. The molecule has 1 aromatic carbocycles. The van der Waals surface area contributed by atoms with E-state index in [9.17, 15) is 4.79 Å². The third-order valence-electron chi connectivity index (χ3n) is 3.86. The minimum atomic E-state index is 0.170. The van der Waals surface area contributed by atoms with Gasteiger partial charge in [-0.1, -0.05) is 26.0 Å². The van der Waals surface area contributed by atoms with Gasteiger partial charge in [-0.15, -0.1) is 11.8 Å². The van der Waals surface area contributed by atoms with E-state index in [1.807, 2.05) is 22.9 Å². The van der Waals surface area contributed by atoms with E-state index in [2.05, 4.69) is 48.1 Å². The van der Waals surface area contributed by atoms with Crippen molar-refractivity contribution in [2.24, 2.45) is 0 Å². The quantitative estimate of drug-likeness (QED) is 0.810. The first kappa shape index (κ1) is 16.0. The number of carbonyl (C=O) groups is 1. The Bertz CT molecular complexity index is 685. The molecule has 4 nitrogen and oxygen atoms in total. The van der Waals surface area contributed by atoms with Crippen LogP contribution >= 0.6 is 11.8 Å². The summed E-state index contributed by atoms with van der Waals surface area (Å²) in [5, 5.41) is 0.568. The Morgan fingerprint density at radius 3 is 2.83 bits per heavy atom. The van der Waals surface area contributed by atoms with Crippen LogP contribution in [0.15, 0.2) is 41.7 Å². The first-order valence-electron chi connectivity index (χ1n) is 7.93. The number of nitrogens with zero attached hydrogens (tertiary/aromatic N) is 3. The van der Waals surface area contributed by atoms with Gasteiger partial charge < -0.3 is 4.90 Å². The topological polar surface area (TPSA) is 46.1 Å². The Morgan fingerprint density at radius 1 is 1.30 bits per heavy atom. The molecule has 0 unspecified atom stereocenters. The molecule has 1 aromatic heterocycles. The normalized spacial score (nSPS) is 14.0. The smallest absolute Gasteiger partial charge is 0.227 e. The predicted octanol–water partition coefficient (Wildman–Crippen LogP) is 3.10. The van der Waals surface area contributed by atoms with Crippen LogP contribution in [0, 0.1) is 0 Å². The van der Waals surface area contributed by atoms with Gasteiger partial charge in [0.1, 0.15) is 6.33 Å². The molecule has 23 heavy (non-hydrogen) atoms. The molecule has 1 amide bonds. The largest absolute Gasteiger partial charge is 0.338 e. The summed E-state index contributed by atoms with van der Waals surface area (Å²) < 4.78 is 0. The number of hydrogen-bond acceptors (Lipinski definition) is 4. The van der Waals surface area contributed by atoms with Crippen molar-refractivity contribution in [1.29, 1.82) is 0 Å². The van der Waals surface area contributed by atoms with Crippen LogP contribution in [0.1, 0.15) is 30.7 Å². The van der Waals surface area contributed by atoms with Gasteiger partial charge in [-0.05, 0) is 17.7 Å². The molecule has 0 saturated carbocycles. The van der Waals surface area contributed by atoms with Gasteiger partial charge >= 0.3 is 0 Å². The van der Waals surface area contributed by atoms with Crippen molar-refractivity contribution >= 4 is 17.7 Å². The fourth-order valence-corrected chi connectivity index (χ4v) is 3.56. The van der Waals surface area contributed by atoms with Crippen LogP contribution in [0.2, 0.25) is 0 Å². The van der Waals surface area contributed by atoms with Crippen molar-refractivity contribution in [3.05, 3.63) is 53.6 Å². The molecule has 0 fully saturated rings. The summed E-state index contributed by atoms with van der Waals surface area (Å²) in [6.45, 7) is 5.72. The number of amides is 1. The van der Waals surface area contributed by atoms with E-state index in [0.29, 0.717) is 18.2 Å². The lowest BCUT2D eigenvalue weighted by Crippen LogP contribution is -2.37. The third-order valence-corrected chi connectivity index (χ3v) is 4.88. The molecule has 0 N–H and O–H groups in total. The fourth-order valence-electron chi connectivity index (χ4n) is 2.72. The van der Waals surface area contributed by atoms with Gasteiger partial charge in [0.05, 0.1) is 12.1 Å². The maximum Gasteiger partial charge on any atom is 0.227 e. The minimum absolute atomic E-state index is 0.170. The lowest BCUT2D eigenvalue weighted by atomic mass is 10.1. The van der Waals surface area contributed by atoms with E-state index >= 15 is 0 Å². The van der Waals surface area contributed by atoms with Crippen LogP contribution < -0.4 is 0 Å². The van der Waals surface area contributed by atoms with Crippen LogP contribution in [0.3, 0.4) is 0 Å². The molecule has 3 rings (SSSR count). The highest BCUT2D eigenvalue weighted by Gasteiger charge is 2.21. The monoisotopic (exact) mass is 327 g/mol. The van der Waals surface area contributed by atoms with Gasteiger partial charge in [-0.3, -0.25) is 4.79 Å². The number of fused-ring (bicyclic) bond motifs is 1. The summed E-state index contributed by atoms with van der Waals surface area (Å²) >= 11 is 1.84. The molecule has 0 atom stereocenters. The van der Waals surface area contributed by atoms with Crippen LogP contribution in [0.25, 0.3) is 0 Å². The number of thioether (sulfide) groups is 1. The predicted molar refractivity (Wildman–Crippen MR) is 92.3 cm³/mol. The summed E-state index contributed by atoms with van der Waals surface area (Å²) in [6.07, 6.45) is 4.66. The van der Waals surface area contributed by atoms with Crippen molar-refractivity contribution < 1.29 is 4.79 Å². The van der Waals surface area contributed by atoms with Crippen molar-refractivity contribution in [3.8, 4) is 0 Å². The molecule has 0 aliphatic carbocycles. The summed E-state index contributed by atoms with van der Waals surface area (Å²) in [5.41, 5.74) is 3.20. The first-order valence-corrected chi connectivity index (χ1v) is 8.81. The Labute approximate surface area is 141 Å². The second-order valence-corrected chi connectivity index (χ2v) is 7.70. The zero-order valence-electron chi connectivity index (χ0n) is 13.5. The molecule has 0 spiro atoms. The number of rotatable bonds is 4. The fraction of sp³-hybridized carbons (Fsp3) is 0.389. The number of benzene rings is 1. The molecule has 120 valence electrons. The maximum absolute atomic E-state index is 12.5. The van der Waals surface area contributed by atoms with Gasteiger partial charge in [-0.2, -0.15) is 0 Å². The van der Waals surface area contributed by atoms with Gasteiger partial charge in [0, 0.05) is 41.4 Å². The summed E-state index contributed by atoms with van der Waals surface area (Å²) in [5.74, 6) is 0.170. The average Bonchev–Trinajstić information content (AvgIpc) is 2.55. The van der Waals surface area contributed by atoms with Gasteiger partial charge in [0.15, 0.2) is 0 Å². The summed E-state index contributed by atoms with van der Waals surface area (Å²) in [7, 11) is 0. The van der Waals surface area contributed by atoms with E-state index in [-0.39, 0.29) is 5.91 Å². The highest BCUT2D eigenvalue weighted by Crippen LogP contribution is 2.23.